The third-order valence-electron chi connectivity index (χ3n) is 3.40. The lowest BCUT2D eigenvalue weighted by Crippen LogP contribution is -2.41. The Hall–Kier alpha value is -1.39. The predicted molar refractivity (Wildman–Crippen MR) is 78.2 cm³/mol. The van der Waals surface area contributed by atoms with Crippen molar-refractivity contribution in [3.05, 3.63) is 29.8 Å². The van der Waals surface area contributed by atoms with E-state index < -0.39 is 5.60 Å². The van der Waals surface area contributed by atoms with Gasteiger partial charge in [0, 0.05) is 19.3 Å². The molecule has 0 aromatic heterocycles. The van der Waals surface area contributed by atoms with Crippen molar-refractivity contribution in [1.29, 1.82) is 0 Å². The highest BCUT2D eigenvalue weighted by atomic mass is 16.5. The highest BCUT2D eigenvalue weighted by Gasteiger charge is 2.30. The van der Waals surface area contributed by atoms with Gasteiger partial charge in [-0.1, -0.05) is 26.0 Å². The Balaban J connectivity index is 2.65. The molecule has 0 spiro atoms. The molecule has 2 N–H and O–H groups in total. The van der Waals surface area contributed by atoms with Crippen molar-refractivity contribution in [3.63, 3.8) is 0 Å². The van der Waals surface area contributed by atoms with Gasteiger partial charge in [-0.2, -0.15) is 0 Å². The summed E-state index contributed by atoms with van der Waals surface area (Å²) in [7, 11) is 1.56. The largest absolute Gasteiger partial charge is 0.369 e. The lowest BCUT2D eigenvalue weighted by molar-refractivity contribution is -0.136. The van der Waals surface area contributed by atoms with Gasteiger partial charge in [0.25, 0.3) is 5.91 Å². The van der Waals surface area contributed by atoms with Crippen molar-refractivity contribution in [3.8, 4) is 0 Å². The number of carbonyl (C=O) groups excluding carboxylic acids is 1. The van der Waals surface area contributed by atoms with Gasteiger partial charge in [0.1, 0.15) is 5.60 Å². The highest BCUT2D eigenvalue weighted by molar-refractivity contribution is 5.97. The van der Waals surface area contributed by atoms with E-state index in [0.717, 1.165) is 18.8 Å². The summed E-state index contributed by atoms with van der Waals surface area (Å²) in [4.78, 5) is 12.1. The number of anilines is 1. The number of benzene rings is 1. The first-order chi connectivity index (χ1) is 9.05. The second-order valence-electron chi connectivity index (χ2n) is 4.72. The van der Waals surface area contributed by atoms with Crippen LogP contribution in [-0.2, 0) is 16.1 Å². The maximum absolute atomic E-state index is 12.1. The molecule has 1 rings (SSSR count). The van der Waals surface area contributed by atoms with Crippen LogP contribution >= 0.6 is 0 Å². The van der Waals surface area contributed by atoms with Gasteiger partial charge in [-0.25, -0.2) is 0 Å². The standard InChI is InChI=1S/C15H24N2O2/c1-5-15(3,19-4)14(18)17-13-9-7-12(8-10-13)11-16-6-2/h7-10,16H,5-6,11H2,1-4H3,(H,17,18). The summed E-state index contributed by atoms with van der Waals surface area (Å²) >= 11 is 0. The topological polar surface area (TPSA) is 50.4 Å². The molecule has 0 aliphatic heterocycles. The first-order valence-electron chi connectivity index (χ1n) is 6.72. The Morgan fingerprint density at radius 1 is 1.26 bits per heavy atom. The summed E-state index contributed by atoms with van der Waals surface area (Å²) in [5.41, 5.74) is 1.22. The Morgan fingerprint density at radius 3 is 2.37 bits per heavy atom. The number of hydrogen-bond acceptors (Lipinski definition) is 3. The molecule has 1 amide bonds. The number of amides is 1. The molecule has 19 heavy (non-hydrogen) atoms. The Kier molecular flexibility index (Phi) is 5.99. The van der Waals surface area contributed by atoms with Crippen molar-refractivity contribution < 1.29 is 9.53 Å². The third kappa shape index (κ3) is 4.33. The van der Waals surface area contributed by atoms with Crippen molar-refractivity contribution in [2.75, 3.05) is 19.0 Å². The molecule has 0 aliphatic carbocycles. The van der Waals surface area contributed by atoms with Crippen molar-refractivity contribution in [2.24, 2.45) is 0 Å². The van der Waals surface area contributed by atoms with Crippen LogP contribution < -0.4 is 10.6 Å². The van der Waals surface area contributed by atoms with Gasteiger partial charge in [0.2, 0.25) is 0 Å². The zero-order valence-electron chi connectivity index (χ0n) is 12.2. The molecular weight excluding hydrogens is 240 g/mol. The van der Waals surface area contributed by atoms with Gasteiger partial charge in [-0.3, -0.25) is 4.79 Å². The Morgan fingerprint density at radius 2 is 1.89 bits per heavy atom. The zero-order valence-corrected chi connectivity index (χ0v) is 12.2. The molecule has 1 aromatic carbocycles. The summed E-state index contributed by atoms with van der Waals surface area (Å²) in [6.07, 6.45) is 0.633. The zero-order chi connectivity index (χ0) is 14.3. The SMILES string of the molecule is CCNCc1ccc(NC(=O)C(C)(CC)OC)cc1. The Bertz CT molecular complexity index is 397. The van der Waals surface area contributed by atoms with E-state index in [2.05, 4.69) is 17.6 Å². The van der Waals surface area contributed by atoms with Gasteiger partial charge < -0.3 is 15.4 Å². The minimum Gasteiger partial charge on any atom is -0.369 e. The maximum Gasteiger partial charge on any atom is 0.256 e. The van der Waals surface area contributed by atoms with Crippen LogP contribution in [0.15, 0.2) is 24.3 Å². The molecular formula is C15H24N2O2. The average molecular weight is 264 g/mol. The lowest BCUT2D eigenvalue weighted by atomic mass is 10.0. The van der Waals surface area contributed by atoms with E-state index in [-0.39, 0.29) is 5.91 Å². The number of hydrogen-bond donors (Lipinski definition) is 2. The second kappa shape index (κ2) is 7.26. The first kappa shape index (κ1) is 15.7. The van der Waals surface area contributed by atoms with Crippen molar-refractivity contribution >= 4 is 11.6 Å². The molecule has 0 saturated carbocycles. The van der Waals surface area contributed by atoms with Crippen LogP contribution in [0.5, 0.6) is 0 Å². The van der Waals surface area contributed by atoms with Crippen LogP contribution in [0.2, 0.25) is 0 Å². The molecule has 1 atom stereocenters. The van der Waals surface area contributed by atoms with E-state index in [1.165, 1.54) is 5.56 Å². The molecule has 0 aliphatic rings. The van der Waals surface area contributed by atoms with Gasteiger partial charge in [-0.05, 0) is 37.6 Å². The number of ether oxygens (including phenoxy) is 1. The highest BCUT2D eigenvalue weighted by Crippen LogP contribution is 2.18. The minimum absolute atomic E-state index is 0.114. The van der Waals surface area contributed by atoms with E-state index in [1.807, 2.05) is 31.2 Å². The van der Waals surface area contributed by atoms with Crippen LogP contribution in [0.3, 0.4) is 0 Å². The molecule has 4 heteroatoms. The molecule has 106 valence electrons. The molecule has 4 nitrogen and oxygen atoms in total. The molecule has 0 heterocycles. The Labute approximate surface area is 115 Å². The summed E-state index contributed by atoms with van der Waals surface area (Å²) in [5, 5.41) is 6.14. The van der Waals surface area contributed by atoms with E-state index in [0.29, 0.717) is 6.42 Å². The normalized spacial score (nSPS) is 13.9. The van der Waals surface area contributed by atoms with Crippen LogP contribution in [0.1, 0.15) is 32.8 Å². The number of methoxy groups -OCH3 is 1. The predicted octanol–water partition coefficient (Wildman–Crippen LogP) is 2.55. The van der Waals surface area contributed by atoms with E-state index in [1.54, 1.807) is 14.0 Å². The fourth-order valence-electron chi connectivity index (χ4n) is 1.64. The number of nitrogens with one attached hydrogen (secondary N) is 2. The molecule has 0 fully saturated rings. The van der Waals surface area contributed by atoms with Crippen molar-refractivity contribution in [2.45, 2.75) is 39.3 Å². The van der Waals surface area contributed by atoms with Crippen LogP contribution in [0.4, 0.5) is 5.69 Å². The molecule has 0 saturated heterocycles. The monoisotopic (exact) mass is 264 g/mol. The van der Waals surface area contributed by atoms with Crippen molar-refractivity contribution in [1.82, 2.24) is 5.32 Å². The minimum atomic E-state index is -0.775. The van der Waals surface area contributed by atoms with E-state index in [4.69, 9.17) is 4.74 Å². The molecule has 1 unspecified atom stereocenters. The second-order valence-corrected chi connectivity index (χ2v) is 4.72. The number of rotatable bonds is 7. The third-order valence-corrected chi connectivity index (χ3v) is 3.40. The molecule has 0 bridgehead atoms. The first-order valence-corrected chi connectivity index (χ1v) is 6.72. The van der Waals surface area contributed by atoms with Crippen LogP contribution in [0.25, 0.3) is 0 Å². The van der Waals surface area contributed by atoms with Crippen LogP contribution in [-0.4, -0.2) is 25.2 Å². The summed E-state index contributed by atoms with van der Waals surface area (Å²) < 4.78 is 5.28. The summed E-state index contributed by atoms with van der Waals surface area (Å²) in [6, 6.07) is 7.84. The molecule has 0 radical (unpaired) electrons. The molecule has 1 aromatic rings. The van der Waals surface area contributed by atoms with Gasteiger partial charge >= 0.3 is 0 Å². The smallest absolute Gasteiger partial charge is 0.256 e. The van der Waals surface area contributed by atoms with Gasteiger partial charge in [-0.15, -0.1) is 0 Å². The summed E-state index contributed by atoms with van der Waals surface area (Å²) in [5.74, 6) is -0.114. The van der Waals surface area contributed by atoms with Crippen LogP contribution in [0, 0.1) is 0 Å². The fourth-order valence-corrected chi connectivity index (χ4v) is 1.64. The average Bonchev–Trinajstić information content (AvgIpc) is 2.45. The van der Waals surface area contributed by atoms with E-state index >= 15 is 0 Å². The van der Waals surface area contributed by atoms with E-state index in [9.17, 15) is 4.79 Å². The fraction of sp³-hybridized carbons (Fsp3) is 0.533. The van der Waals surface area contributed by atoms with Gasteiger partial charge in [0.15, 0.2) is 0 Å². The summed E-state index contributed by atoms with van der Waals surface area (Å²) in [6.45, 7) is 7.59. The quantitative estimate of drug-likeness (QED) is 0.795. The van der Waals surface area contributed by atoms with Gasteiger partial charge in [0.05, 0.1) is 0 Å². The maximum atomic E-state index is 12.1. The number of carbonyl (C=O) groups is 1. The lowest BCUT2D eigenvalue weighted by Gasteiger charge is -2.25.